The SMILES string of the molecule is CC(=O)N1CCC(Nc2ncc(F)c(-c3cccc(N4CCOCC4=O)n3)n2)CC1. The summed E-state index contributed by atoms with van der Waals surface area (Å²) >= 11 is 0. The predicted molar refractivity (Wildman–Crippen MR) is 107 cm³/mol. The van der Waals surface area contributed by atoms with E-state index in [1.54, 1.807) is 30.0 Å². The molecule has 0 spiro atoms. The number of piperidine rings is 1. The summed E-state index contributed by atoms with van der Waals surface area (Å²) in [4.78, 5) is 39.7. The molecule has 30 heavy (non-hydrogen) atoms. The molecule has 10 heteroatoms. The number of nitrogens with zero attached hydrogens (tertiary/aromatic N) is 5. The Morgan fingerprint density at radius 2 is 2.03 bits per heavy atom. The lowest BCUT2D eigenvalue weighted by molar-refractivity contribution is -0.129. The van der Waals surface area contributed by atoms with E-state index >= 15 is 0 Å². The number of carbonyl (C=O) groups is 2. The number of carbonyl (C=O) groups excluding carboxylic acids is 2. The molecule has 0 atom stereocenters. The van der Waals surface area contributed by atoms with E-state index in [-0.39, 0.29) is 30.2 Å². The molecule has 0 saturated carbocycles. The first kappa shape index (κ1) is 20.1. The summed E-state index contributed by atoms with van der Waals surface area (Å²) in [5.41, 5.74) is 0.386. The van der Waals surface area contributed by atoms with Gasteiger partial charge in [0, 0.05) is 26.1 Å². The molecule has 158 valence electrons. The highest BCUT2D eigenvalue weighted by Crippen LogP contribution is 2.24. The molecule has 2 fully saturated rings. The standard InChI is InChI=1S/C20H23FN6O3/c1-13(28)26-7-5-14(6-8-26)23-20-22-11-15(21)19(25-20)16-3-2-4-17(24-16)27-9-10-30-12-18(27)29/h2-4,11,14H,5-10,12H2,1H3,(H,22,23,25). The molecular weight excluding hydrogens is 391 g/mol. The Morgan fingerprint density at radius 1 is 1.23 bits per heavy atom. The smallest absolute Gasteiger partial charge is 0.254 e. The van der Waals surface area contributed by atoms with Crippen LogP contribution in [0.5, 0.6) is 0 Å². The molecule has 0 bridgehead atoms. The summed E-state index contributed by atoms with van der Waals surface area (Å²) in [5, 5.41) is 3.23. The number of rotatable bonds is 4. The van der Waals surface area contributed by atoms with Crippen molar-refractivity contribution in [1.29, 1.82) is 0 Å². The minimum atomic E-state index is -0.593. The highest BCUT2D eigenvalue weighted by atomic mass is 19.1. The zero-order chi connectivity index (χ0) is 21.1. The van der Waals surface area contributed by atoms with Crippen LogP contribution in [0.1, 0.15) is 19.8 Å². The van der Waals surface area contributed by atoms with E-state index in [4.69, 9.17) is 4.74 Å². The fourth-order valence-corrected chi connectivity index (χ4v) is 3.60. The van der Waals surface area contributed by atoms with E-state index in [9.17, 15) is 14.0 Å². The second kappa shape index (κ2) is 8.70. The second-order valence-corrected chi connectivity index (χ2v) is 7.29. The number of nitrogens with one attached hydrogen (secondary N) is 1. The van der Waals surface area contributed by atoms with E-state index < -0.39 is 5.82 Å². The third-order valence-electron chi connectivity index (χ3n) is 5.26. The van der Waals surface area contributed by atoms with Gasteiger partial charge in [0.1, 0.15) is 18.1 Å². The van der Waals surface area contributed by atoms with Crippen molar-refractivity contribution < 1.29 is 18.7 Å². The Morgan fingerprint density at radius 3 is 2.77 bits per heavy atom. The molecule has 2 aromatic rings. The van der Waals surface area contributed by atoms with Crippen LogP contribution in [-0.2, 0) is 14.3 Å². The van der Waals surface area contributed by atoms with Gasteiger partial charge in [-0.15, -0.1) is 0 Å². The lowest BCUT2D eigenvalue weighted by Crippen LogP contribution is -2.42. The Kier molecular flexibility index (Phi) is 5.84. The molecule has 4 heterocycles. The van der Waals surface area contributed by atoms with Crippen molar-refractivity contribution in [3.05, 3.63) is 30.2 Å². The lowest BCUT2D eigenvalue weighted by Gasteiger charge is -2.31. The topological polar surface area (TPSA) is 101 Å². The number of hydrogen-bond donors (Lipinski definition) is 1. The van der Waals surface area contributed by atoms with Gasteiger partial charge >= 0.3 is 0 Å². The summed E-state index contributed by atoms with van der Waals surface area (Å²) in [6, 6.07) is 5.17. The summed E-state index contributed by atoms with van der Waals surface area (Å²) in [6.07, 6.45) is 2.65. The van der Waals surface area contributed by atoms with Crippen LogP contribution >= 0.6 is 0 Å². The van der Waals surface area contributed by atoms with E-state index in [1.165, 1.54) is 4.90 Å². The second-order valence-electron chi connectivity index (χ2n) is 7.29. The number of pyridine rings is 1. The Labute approximate surface area is 173 Å². The lowest BCUT2D eigenvalue weighted by atomic mass is 10.1. The van der Waals surface area contributed by atoms with Gasteiger partial charge < -0.3 is 15.0 Å². The van der Waals surface area contributed by atoms with Gasteiger partial charge in [-0.05, 0) is 25.0 Å². The molecule has 0 unspecified atom stereocenters. The van der Waals surface area contributed by atoms with Crippen molar-refractivity contribution in [2.75, 3.05) is 43.1 Å². The number of halogens is 1. The van der Waals surface area contributed by atoms with Gasteiger partial charge in [-0.3, -0.25) is 14.5 Å². The first-order valence-corrected chi connectivity index (χ1v) is 9.91. The number of morpholine rings is 1. The Balaban J connectivity index is 1.52. The molecule has 1 N–H and O–H groups in total. The fraction of sp³-hybridized carbons (Fsp3) is 0.450. The molecular formula is C20H23FN6O3. The van der Waals surface area contributed by atoms with Gasteiger partial charge in [-0.1, -0.05) is 6.07 Å². The van der Waals surface area contributed by atoms with Crippen LogP contribution in [-0.4, -0.2) is 70.6 Å². The van der Waals surface area contributed by atoms with E-state index in [1.807, 2.05) is 0 Å². The Bertz CT molecular complexity index is 948. The summed E-state index contributed by atoms with van der Waals surface area (Å²) in [5.74, 6) is 0.0314. The average molecular weight is 414 g/mol. The molecule has 0 aliphatic carbocycles. The molecule has 2 saturated heterocycles. The Hall–Kier alpha value is -3.14. The average Bonchev–Trinajstić information content (AvgIpc) is 2.76. The quantitative estimate of drug-likeness (QED) is 0.808. The normalized spacial score (nSPS) is 17.9. The number of hydrogen-bond acceptors (Lipinski definition) is 7. The molecule has 2 amide bonds. The highest BCUT2D eigenvalue weighted by Gasteiger charge is 2.23. The van der Waals surface area contributed by atoms with Crippen molar-refractivity contribution >= 4 is 23.6 Å². The van der Waals surface area contributed by atoms with E-state index in [0.29, 0.717) is 43.7 Å². The van der Waals surface area contributed by atoms with Gasteiger partial charge in [0.05, 0.1) is 25.0 Å². The molecule has 2 aliphatic heterocycles. The van der Waals surface area contributed by atoms with Gasteiger partial charge in [-0.2, -0.15) is 0 Å². The van der Waals surface area contributed by atoms with E-state index in [0.717, 1.165) is 19.0 Å². The highest BCUT2D eigenvalue weighted by molar-refractivity contribution is 5.94. The maximum Gasteiger partial charge on any atom is 0.254 e. The zero-order valence-electron chi connectivity index (χ0n) is 16.7. The molecule has 0 radical (unpaired) electrons. The van der Waals surface area contributed by atoms with Crippen LogP contribution in [0.3, 0.4) is 0 Å². The number of likely N-dealkylation sites (tertiary alicyclic amines) is 1. The van der Waals surface area contributed by atoms with Gasteiger partial charge in [0.2, 0.25) is 11.9 Å². The fourth-order valence-electron chi connectivity index (χ4n) is 3.60. The summed E-state index contributed by atoms with van der Waals surface area (Å²) in [6.45, 7) is 3.72. The van der Waals surface area contributed by atoms with Crippen molar-refractivity contribution in [1.82, 2.24) is 19.9 Å². The first-order valence-electron chi connectivity index (χ1n) is 9.91. The number of anilines is 2. The number of ether oxygens (including phenoxy) is 1. The largest absolute Gasteiger partial charge is 0.370 e. The molecule has 4 rings (SSSR count). The van der Waals surface area contributed by atoms with Crippen LogP contribution in [0, 0.1) is 5.82 Å². The zero-order valence-corrected chi connectivity index (χ0v) is 16.7. The molecule has 2 aromatic heterocycles. The number of amides is 2. The van der Waals surface area contributed by atoms with Crippen LogP contribution in [0.2, 0.25) is 0 Å². The van der Waals surface area contributed by atoms with Crippen molar-refractivity contribution in [3.8, 4) is 11.4 Å². The summed E-state index contributed by atoms with van der Waals surface area (Å²) < 4.78 is 19.6. The maximum absolute atomic E-state index is 14.5. The number of aromatic nitrogens is 3. The van der Waals surface area contributed by atoms with Crippen molar-refractivity contribution in [3.63, 3.8) is 0 Å². The van der Waals surface area contributed by atoms with Crippen molar-refractivity contribution in [2.24, 2.45) is 0 Å². The first-order chi connectivity index (χ1) is 14.5. The maximum atomic E-state index is 14.5. The monoisotopic (exact) mass is 414 g/mol. The minimum Gasteiger partial charge on any atom is -0.370 e. The van der Waals surface area contributed by atoms with Crippen LogP contribution < -0.4 is 10.2 Å². The van der Waals surface area contributed by atoms with Gasteiger partial charge in [0.15, 0.2) is 5.82 Å². The molecule has 2 aliphatic rings. The molecule has 9 nitrogen and oxygen atoms in total. The van der Waals surface area contributed by atoms with Crippen LogP contribution in [0.15, 0.2) is 24.4 Å². The third-order valence-corrected chi connectivity index (χ3v) is 5.26. The minimum absolute atomic E-state index is 0.00426. The van der Waals surface area contributed by atoms with Crippen molar-refractivity contribution in [2.45, 2.75) is 25.8 Å². The van der Waals surface area contributed by atoms with Crippen LogP contribution in [0.4, 0.5) is 16.2 Å². The third kappa shape index (κ3) is 4.38. The van der Waals surface area contributed by atoms with Crippen LogP contribution in [0.25, 0.3) is 11.4 Å². The predicted octanol–water partition coefficient (Wildman–Crippen LogP) is 1.46. The summed E-state index contributed by atoms with van der Waals surface area (Å²) in [7, 11) is 0. The van der Waals surface area contributed by atoms with Gasteiger partial charge in [0.25, 0.3) is 5.91 Å². The van der Waals surface area contributed by atoms with E-state index in [2.05, 4.69) is 20.3 Å². The molecule has 0 aromatic carbocycles. The van der Waals surface area contributed by atoms with Gasteiger partial charge in [-0.25, -0.2) is 19.3 Å².